The van der Waals surface area contributed by atoms with Crippen molar-refractivity contribution in [2.24, 2.45) is 11.7 Å². The van der Waals surface area contributed by atoms with Crippen molar-refractivity contribution >= 4 is 27.5 Å². The van der Waals surface area contributed by atoms with E-state index in [2.05, 4.69) is 5.32 Å². The van der Waals surface area contributed by atoms with Gasteiger partial charge in [0, 0.05) is 19.0 Å². The summed E-state index contributed by atoms with van der Waals surface area (Å²) in [5.74, 6) is 0.0381. The summed E-state index contributed by atoms with van der Waals surface area (Å²) in [6.45, 7) is 0.621. The standard InChI is InChI=1S/C22H27N3O6S/c1-30-17-6-8-18(9-7-17)32(28,29)25-13-10-16(11-14-25)22(27)24-19-4-2-3-5-20(19)31-15-12-21(23)26/h2-9,16H,10-15H2,1H3,(H2,23,26)(H,24,27). The highest BCUT2D eigenvalue weighted by Crippen LogP contribution is 2.28. The van der Waals surface area contributed by atoms with Gasteiger partial charge in [-0.25, -0.2) is 8.42 Å². The zero-order valence-corrected chi connectivity index (χ0v) is 18.6. The third-order valence-corrected chi connectivity index (χ3v) is 7.19. The third-order valence-electron chi connectivity index (χ3n) is 5.27. The Labute approximate surface area is 187 Å². The number of ether oxygens (including phenoxy) is 2. The van der Waals surface area contributed by atoms with Gasteiger partial charge in [0.25, 0.3) is 0 Å². The number of rotatable bonds is 9. The lowest BCUT2D eigenvalue weighted by Gasteiger charge is -2.30. The van der Waals surface area contributed by atoms with E-state index >= 15 is 0 Å². The van der Waals surface area contributed by atoms with Crippen molar-refractivity contribution in [1.82, 2.24) is 4.31 Å². The number of sulfonamides is 1. The van der Waals surface area contributed by atoms with Crippen molar-refractivity contribution in [3.8, 4) is 11.5 Å². The number of amides is 2. The van der Waals surface area contributed by atoms with Gasteiger partial charge in [0.1, 0.15) is 11.5 Å². The van der Waals surface area contributed by atoms with Crippen LogP contribution in [-0.2, 0) is 19.6 Å². The molecule has 3 rings (SSSR count). The summed E-state index contributed by atoms with van der Waals surface area (Å²) >= 11 is 0. The molecule has 1 aliphatic heterocycles. The summed E-state index contributed by atoms with van der Waals surface area (Å²) in [7, 11) is -2.11. The van der Waals surface area contributed by atoms with Crippen molar-refractivity contribution in [3.63, 3.8) is 0 Å². The number of carbonyl (C=O) groups is 2. The average molecular weight is 462 g/mol. The summed E-state index contributed by atoms with van der Waals surface area (Å²) in [5, 5.41) is 2.85. The van der Waals surface area contributed by atoms with Gasteiger partial charge in [0.2, 0.25) is 21.8 Å². The maximum Gasteiger partial charge on any atom is 0.243 e. The van der Waals surface area contributed by atoms with Crippen LogP contribution in [0.5, 0.6) is 11.5 Å². The van der Waals surface area contributed by atoms with Crippen LogP contribution in [-0.4, -0.2) is 51.3 Å². The Morgan fingerprint density at radius 3 is 2.38 bits per heavy atom. The van der Waals surface area contributed by atoms with E-state index in [1.807, 2.05) is 0 Å². The molecule has 32 heavy (non-hydrogen) atoms. The first kappa shape index (κ1) is 23.6. The number of nitrogens with one attached hydrogen (secondary N) is 1. The topological polar surface area (TPSA) is 128 Å². The fourth-order valence-electron chi connectivity index (χ4n) is 3.45. The number of nitrogens with two attached hydrogens (primary N) is 1. The molecule has 0 radical (unpaired) electrons. The van der Waals surface area contributed by atoms with E-state index < -0.39 is 15.9 Å². The molecule has 172 valence electrons. The SMILES string of the molecule is COc1ccc(S(=O)(=O)N2CCC(C(=O)Nc3ccccc3OCCC(N)=O)CC2)cc1. The highest BCUT2D eigenvalue weighted by atomic mass is 32.2. The van der Waals surface area contributed by atoms with Crippen molar-refractivity contribution in [3.05, 3.63) is 48.5 Å². The predicted octanol–water partition coefficient (Wildman–Crippen LogP) is 1.99. The Balaban J connectivity index is 1.58. The van der Waals surface area contributed by atoms with Gasteiger partial charge in [-0.3, -0.25) is 9.59 Å². The number of piperidine rings is 1. The van der Waals surface area contributed by atoms with Gasteiger partial charge in [-0.15, -0.1) is 0 Å². The minimum Gasteiger partial charge on any atom is -0.497 e. The average Bonchev–Trinajstić information content (AvgIpc) is 2.80. The Morgan fingerprint density at radius 2 is 1.75 bits per heavy atom. The lowest BCUT2D eigenvalue weighted by molar-refractivity contribution is -0.121. The fraction of sp³-hybridized carbons (Fsp3) is 0.364. The van der Waals surface area contributed by atoms with Gasteiger partial charge in [0.05, 0.1) is 30.7 Å². The van der Waals surface area contributed by atoms with E-state index in [0.717, 1.165) is 0 Å². The van der Waals surface area contributed by atoms with Gasteiger partial charge in [-0.2, -0.15) is 4.31 Å². The van der Waals surface area contributed by atoms with Crippen molar-refractivity contribution in [2.45, 2.75) is 24.2 Å². The van der Waals surface area contributed by atoms with Crippen molar-refractivity contribution < 1.29 is 27.5 Å². The summed E-state index contributed by atoms with van der Waals surface area (Å²) in [5.41, 5.74) is 5.62. The molecular weight excluding hydrogens is 434 g/mol. The maximum atomic E-state index is 12.9. The quantitative estimate of drug-likeness (QED) is 0.588. The Kier molecular flexibility index (Phi) is 7.70. The predicted molar refractivity (Wildman–Crippen MR) is 119 cm³/mol. The molecule has 1 heterocycles. The van der Waals surface area contributed by atoms with E-state index in [9.17, 15) is 18.0 Å². The van der Waals surface area contributed by atoms with Crippen molar-refractivity contribution in [1.29, 1.82) is 0 Å². The zero-order valence-electron chi connectivity index (χ0n) is 17.8. The summed E-state index contributed by atoms with van der Waals surface area (Å²) in [6, 6.07) is 13.2. The minimum absolute atomic E-state index is 0.0728. The van der Waals surface area contributed by atoms with Crippen LogP contribution >= 0.6 is 0 Å². The van der Waals surface area contributed by atoms with E-state index in [1.54, 1.807) is 36.4 Å². The molecule has 0 bridgehead atoms. The van der Waals surface area contributed by atoms with E-state index in [1.165, 1.54) is 23.5 Å². The largest absolute Gasteiger partial charge is 0.497 e. The minimum atomic E-state index is -3.63. The van der Waals surface area contributed by atoms with Gasteiger partial charge in [0.15, 0.2) is 0 Å². The van der Waals surface area contributed by atoms with Crippen LogP contribution in [0.4, 0.5) is 5.69 Å². The Morgan fingerprint density at radius 1 is 1.09 bits per heavy atom. The van der Waals surface area contributed by atoms with Crippen LogP contribution < -0.4 is 20.5 Å². The van der Waals surface area contributed by atoms with Gasteiger partial charge in [-0.05, 0) is 49.2 Å². The normalized spacial score (nSPS) is 15.2. The molecule has 1 fully saturated rings. The van der Waals surface area contributed by atoms with Crippen molar-refractivity contribution in [2.75, 3.05) is 32.1 Å². The number of nitrogens with zero attached hydrogens (tertiary/aromatic N) is 1. The number of benzene rings is 2. The number of hydrogen-bond donors (Lipinski definition) is 2. The van der Waals surface area contributed by atoms with Crippen LogP contribution in [0, 0.1) is 5.92 Å². The number of para-hydroxylation sites is 2. The molecule has 9 nitrogen and oxygen atoms in total. The Bertz CT molecular complexity index is 1050. The first-order valence-corrected chi connectivity index (χ1v) is 11.7. The number of hydrogen-bond acceptors (Lipinski definition) is 6. The number of methoxy groups -OCH3 is 1. The second-order valence-electron chi connectivity index (χ2n) is 7.40. The Hall–Kier alpha value is -3.11. The molecule has 0 spiro atoms. The molecule has 2 aromatic carbocycles. The highest BCUT2D eigenvalue weighted by molar-refractivity contribution is 7.89. The lowest BCUT2D eigenvalue weighted by Crippen LogP contribution is -2.41. The van der Waals surface area contributed by atoms with Crippen LogP contribution in [0.2, 0.25) is 0 Å². The molecule has 0 atom stereocenters. The van der Waals surface area contributed by atoms with Crippen LogP contribution in [0.3, 0.4) is 0 Å². The summed E-state index contributed by atoms with van der Waals surface area (Å²) in [4.78, 5) is 23.9. The molecule has 10 heteroatoms. The molecule has 0 saturated carbocycles. The molecule has 2 aromatic rings. The first-order chi connectivity index (χ1) is 15.3. The van der Waals surface area contributed by atoms with E-state index in [0.29, 0.717) is 30.0 Å². The number of primary amides is 1. The smallest absolute Gasteiger partial charge is 0.243 e. The number of anilines is 1. The molecule has 1 aliphatic rings. The fourth-order valence-corrected chi connectivity index (χ4v) is 4.92. The molecule has 0 unspecified atom stereocenters. The number of carbonyl (C=O) groups excluding carboxylic acids is 2. The van der Waals surface area contributed by atoms with Crippen LogP contribution in [0.15, 0.2) is 53.4 Å². The maximum absolute atomic E-state index is 12.9. The second-order valence-corrected chi connectivity index (χ2v) is 9.34. The summed E-state index contributed by atoms with van der Waals surface area (Å²) < 4.78 is 37.8. The van der Waals surface area contributed by atoms with E-state index in [-0.39, 0.29) is 42.8 Å². The summed E-state index contributed by atoms with van der Waals surface area (Å²) in [6.07, 6.45) is 0.890. The molecule has 2 amide bonds. The molecule has 0 aliphatic carbocycles. The first-order valence-electron chi connectivity index (χ1n) is 10.3. The zero-order chi connectivity index (χ0) is 23.1. The van der Waals surface area contributed by atoms with Crippen LogP contribution in [0.25, 0.3) is 0 Å². The lowest BCUT2D eigenvalue weighted by atomic mass is 9.97. The highest BCUT2D eigenvalue weighted by Gasteiger charge is 2.32. The van der Waals surface area contributed by atoms with Gasteiger partial charge < -0.3 is 20.5 Å². The molecule has 1 saturated heterocycles. The monoisotopic (exact) mass is 461 g/mol. The van der Waals surface area contributed by atoms with Crippen LogP contribution in [0.1, 0.15) is 19.3 Å². The van der Waals surface area contributed by atoms with Gasteiger partial charge in [-0.1, -0.05) is 12.1 Å². The second kappa shape index (κ2) is 10.5. The third kappa shape index (κ3) is 5.77. The van der Waals surface area contributed by atoms with E-state index in [4.69, 9.17) is 15.2 Å². The molecule has 0 aromatic heterocycles. The van der Waals surface area contributed by atoms with Gasteiger partial charge >= 0.3 is 0 Å². The molecule has 3 N–H and O–H groups in total. The molecular formula is C22H27N3O6S.